The lowest BCUT2D eigenvalue weighted by Gasteiger charge is -2.33. The van der Waals surface area contributed by atoms with Gasteiger partial charge in [-0.15, -0.1) is 0 Å². The SMILES string of the molecule is Cc1c(F)cc(Br)cc1N=CC(C)C(C)C1CCC(OC=O)CC1. The number of benzene rings is 1. The quantitative estimate of drug-likeness (QED) is 0.462. The summed E-state index contributed by atoms with van der Waals surface area (Å²) in [6, 6.07) is 3.30. The van der Waals surface area contributed by atoms with Gasteiger partial charge in [0, 0.05) is 16.3 Å². The molecule has 0 N–H and O–H groups in total. The molecule has 0 saturated heterocycles. The molecule has 1 fully saturated rings. The molecule has 24 heavy (non-hydrogen) atoms. The summed E-state index contributed by atoms with van der Waals surface area (Å²) in [4.78, 5) is 14.9. The number of nitrogens with zero attached hydrogens (tertiary/aromatic N) is 1. The summed E-state index contributed by atoms with van der Waals surface area (Å²) in [6.07, 6.45) is 6.04. The number of carbonyl (C=O) groups is 1. The van der Waals surface area contributed by atoms with Gasteiger partial charge in [-0.05, 0) is 62.5 Å². The van der Waals surface area contributed by atoms with Crippen LogP contribution in [0.15, 0.2) is 21.6 Å². The number of rotatable bonds is 6. The van der Waals surface area contributed by atoms with Gasteiger partial charge in [-0.25, -0.2) is 4.39 Å². The van der Waals surface area contributed by atoms with Gasteiger partial charge in [0.1, 0.15) is 11.9 Å². The Morgan fingerprint density at radius 1 is 1.29 bits per heavy atom. The van der Waals surface area contributed by atoms with Crippen molar-refractivity contribution >= 4 is 34.3 Å². The molecule has 3 nitrogen and oxygen atoms in total. The molecule has 1 aromatic rings. The lowest BCUT2D eigenvalue weighted by atomic mass is 9.75. The molecule has 5 heteroatoms. The maximum atomic E-state index is 13.8. The Kier molecular flexibility index (Phi) is 6.96. The largest absolute Gasteiger partial charge is 0.465 e. The van der Waals surface area contributed by atoms with Crippen molar-refractivity contribution in [1.29, 1.82) is 0 Å². The summed E-state index contributed by atoms with van der Waals surface area (Å²) in [5.74, 6) is 1.16. The van der Waals surface area contributed by atoms with Crippen molar-refractivity contribution in [3.8, 4) is 0 Å². The zero-order valence-corrected chi connectivity index (χ0v) is 16.1. The predicted octanol–water partition coefficient (Wildman–Crippen LogP) is 5.60. The van der Waals surface area contributed by atoms with Crippen LogP contribution in [0.25, 0.3) is 0 Å². The van der Waals surface area contributed by atoms with Crippen LogP contribution in [-0.2, 0) is 9.53 Å². The van der Waals surface area contributed by atoms with Gasteiger partial charge in [-0.2, -0.15) is 0 Å². The normalized spacial score (nSPS) is 23.9. The van der Waals surface area contributed by atoms with Gasteiger partial charge in [0.2, 0.25) is 0 Å². The van der Waals surface area contributed by atoms with Crippen molar-refractivity contribution < 1.29 is 13.9 Å². The van der Waals surface area contributed by atoms with Gasteiger partial charge in [-0.1, -0.05) is 29.8 Å². The van der Waals surface area contributed by atoms with E-state index in [0.717, 1.165) is 25.7 Å². The second kappa shape index (κ2) is 8.75. The highest BCUT2D eigenvalue weighted by atomic mass is 79.9. The van der Waals surface area contributed by atoms with Crippen LogP contribution in [0.2, 0.25) is 0 Å². The Morgan fingerprint density at radius 3 is 2.58 bits per heavy atom. The summed E-state index contributed by atoms with van der Waals surface area (Å²) in [5.41, 5.74) is 1.24. The van der Waals surface area contributed by atoms with Crippen LogP contribution in [0.1, 0.15) is 45.1 Å². The molecule has 0 heterocycles. The van der Waals surface area contributed by atoms with Gasteiger partial charge in [0.15, 0.2) is 0 Å². The van der Waals surface area contributed by atoms with E-state index in [1.165, 1.54) is 6.07 Å². The molecule has 2 unspecified atom stereocenters. The van der Waals surface area contributed by atoms with E-state index in [-0.39, 0.29) is 11.9 Å². The third kappa shape index (κ3) is 4.88. The fourth-order valence-corrected chi connectivity index (χ4v) is 3.78. The summed E-state index contributed by atoms with van der Waals surface area (Å²) < 4.78 is 19.5. The highest BCUT2D eigenvalue weighted by molar-refractivity contribution is 9.10. The van der Waals surface area contributed by atoms with Crippen LogP contribution >= 0.6 is 15.9 Å². The van der Waals surface area contributed by atoms with Gasteiger partial charge in [-0.3, -0.25) is 9.79 Å². The molecular weight excluding hydrogens is 373 g/mol. The van der Waals surface area contributed by atoms with E-state index < -0.39 is 0 Å². The molecule has 0 amide bonds. The Bertz CT molecular complexity index is 597. The summed E-state index contributed by atoms with van der Waals surface area (Å²) in [5, 5.41) is 0. The topological polar surface area (TPSA) is 38.7 Å². The lowest BCUT2D eigenvalue weighted by molar-refractivity contribution is -0.135. The first-order chi connectivity index (χ1) is 11.4. The van der Waals surface area contributed by atoms with Crippen molar-refractivity contribution in [2.24, 2.45) is 22.7 Å². The molecule has 0 aromatic heterocycles. The Morgan fingerprint density at radius 2 is 1.96 bits per heavy atom. The average molecular weight is 398 g/mol. The first-order valence-electron chi connectivity index (χ1n) is 8.51. The molecule has 0 aliphatic heterocycles. The molecule has 2 rings (SSSR count). The summed E-state index contributed by atoms with van der Waals surface area (Å²) >= 11 is 3.31. The monoisotopic (exact) mass is 397 g/mol. The lowest BCUT2D eigenvalue weighted by Crippen LogP contribution is -2.28. The van der Waals surface area contributed by atoms with E-state index in [9.17, 15) is 9.18 Å². The molecule has 1 saturated carbocycles. The van der Waals surface area contributed by atoms with Crippen molar-refractivity contribution in [3.63, 3.8) is 0 Å². The van der Waals surface area contributed by atoms with E-state index in [0.29, 0.717) is 39.9 Å². The van der Waals surface area contributed by atoms with Gasteiger partial charge in [0.25, 0.3) is 6.47 Å². The maximum Gasteiger partial charge on any atom is 0.293 e. The van der Waals surface area contributed by atoms with Crippen molar-refractivity contribution in [3.05, 3.63) is 28.0 Å². The molecule has 1 aliphatic carbocycles. The highest BCUT2D eigenvalue weighted by Gasteiger charge is 2.28. The number of carbonyl (C=O) groups excluding carboxylic acids is 1. The fraction of sp³-hybridized carbons (Fsp3) is 0.579. The minimum Gasteiger partial charge on any atom is -0.465 e. The van der Waals surface area contributed by atoms with Crippen LogP contribution in [0.5, 0.6) is 0 Å². The molecule has 0 spiro atoms. The Labute approximate surface area is 151 Å². The van der Waals surface area contributed by atoms with Crippen LogP contribution in [0.3, 0.4) is 0 Å². The molecule has 0 bridgehead atoms. The standard InChI is InChI=1S/C19H25BrFNO2/c1-12(10-22-19-9-16(20)8-18(21)14(19)3)13(2)15-4-6-17(7-5-15)24-11-23/h8-13,15,17H,4-7H2,1-3H3. The number of halogens is 2. The molecule has 0 radical (unpaired) electrons. The minimum absolute atomic E-state index is 0.0854. The van der Waals surface area contributed by atoms with Gasteiger partial charge < -0.3 is 4.74 Å². The van der Waals surface area contributed by atoms with Gasteiger partial charge in [0.05, 0.1) is 5.69 Å². The van der Waals surface area contributed by atoms with E-state index >= 15 is 0 Å². The average Bonchev–Trinajstić information content (AvgIpc) is 2.56. The maximum absolute atomic E-state index is 13.8. The number of hydrogen-bond acceptors (Lipinski definition) is 3. The first kappa shape index (κ1) is 19.1. The zero-order chi connectivity index (χ0) is 17.7. The van der Waals surface area contributed by atoms with E-state index in [1.807, 2.05) is 12.3 Å². The Hall–Kier alpha value is -1.23. The first-order valence-corrected chi connectivity index (χ1v) is 9.30. The van der Waals surface area contributed by atoms with Crippen LogP contribution in [-0.4, -0.2) is 18.8 Å². The van der Waals surface area contributed by atoms with Crippen molar-refractivity contribution in [2.75, 3.05) is 0 Å². The number of ether oxygens (including phenoxy) is 1. The molecule has 132 valence electrons. The Balaban J connectivity index is 1.97. The van der Waals surface area contributed by atoms with Crippen LogP contribution in [0.4, 0.5) is 10.1 Å². The second-order valence-corrected chi connectivity index (χ2v) is 7.71. The molecule has 1 aromatic carbocycles. The van der Waals surface area contributed by atoms with Crippen molar-refractivity contribution in [1.82, 2.24) is 0 Å². The van der Waals surface area contributed by atoms with E-state index in [4.69, 9.17) is 4.74 Å². The second-order valence-electron chi connectivity index (χ2n) is 6.80. The highest BCUT2D eigenvalue weighted by Crippen LogP contribution is 2.35. The fourth-order valence-electron chi connectivity index (χ4n) is 3.36. The smallest absolute Gasteiger partial charge is 0.293 e. The molecule has 1 aliphatic rings. The third-order valence-corrected chi connectivity index (χ3v) is 5.73. The minimum atomic E-state index is -0.245. The molecular formula is C19H25BrFNO2. The summed E-state index contributed by atoms with van der Waals surface area (Å²) in [7, 11) is 0. The van der Waals surface area contributed by atoms with Gasteiger partial charge >= 0.3 is 0 Å². The summed E-state index contributed by atoms with van der Waals surface area (Å²) in [6.45, 7) is 6.71. The predicted molar refractivity (Wildman–Crippen MR) is 98.2 cm³/mol. The zero-order valence-electron chi connectivity index (χ0n) is 14.5. The number of hydrogen-bond donors (Lipinski definition) is 0. The third-order valence-electron chi connectivity index (χ3n) is 5.27. The van der Waals surface area contributed by atoms with Crippen LogP contribution < -0.4 is 0 Å². The van der Waals surface area contributed by atoms with E-state index in [2.05, 4.69) is 34.8 Å². The molecule has 2 atom stereocenters. The van der Waals surface area contributed by atoms with Crippen LogP contribution in [0, 0.1) is 30.5 Å². The van der Waals surface area contributed by atoms with E-state index in [1.54, 1.807) is 6.92 Å². The van der Waals surface area contributed by atoms with Crippen molar-refractivity contribution in [2.45, 2.75) is 52.6 Å². The number of aliphatic imine (C=N–C) groups is 1.